The van der Waals surface area contributed by atoms with Gasteiger partial charge in [0, 0.05) is 21.2 Å². The van der Waals surface area contributed by atoms with Crippen molar-refractivity contribution in [2.45, 2.75) is 36.5 Å². The topological polar surface area (TPSA) is 86.5 Å². The molecule has 0 N–H and O–H groups in total. The molecule has 8 nitrogen and oxygen atoms in total. The molecule has 12 heteroatoms. The predicted molar refractivity (Wildman–Crippen MR) is 167 cm³/mol. The third-order valence-corrected chi connectivity index (χ3v) is 8.85. The lowest BCUT2D eigenvalue weighted by Crippen LogP contribution is -2.19. The summed E-state index contributed by atoms with van der Waals surface area (Å²) in [6, 6.07) is 27.9. The molecule has 232 valence electrons. The van der Waals surface area contributed by atoms with Crippen molar-refractivity contribution < 1.29 is 18.3 Å². The molecule has 4 aromatic carbocycles. The van der Waals surface area contributed by atoms with E-state index in [4.69, 9.17) is 32.7 Å². The Morgan fingerprint density at radius 2 is 0.978 bits per heavy atom. The van der Waals surface area contributed by atoms with E-state index in [0.29, 0.717) is 23.1 Å². The highest BCUT2D eigenvalue weighted by Gasteiger charge is 2.60. The van der Waals surface area contributed by atoms with Crippen LogP contribution in [0, 0.1) is 11.6 Å². The SMILES string of the molecule is Fc1ccc(C2(Cn3cncn3)OC2c2ccccc2Cl)cc1.Fc1ccc([C@]2(Cn3cncn3)O[C@H]2c2ccccc2Cl)cc1. The molecule has 2 unspecified atom stereocenters. The number of epoxide rings is 2. The molecule has 4 heterocycles. The Labute approximate surface area is 273 Å². The number of benzene rings is 4. The molecule has 46 heavy (non-hydrogen) atoms. The van der Waals surface area contributed by atoms with Gasteiger partial charge in [0.15, 0.2) is 0 Å². The van der Waals surface area contributed by atoms with Gasteiger partial charge in [0.05, 0.1) is 13.1 Å². The van der Waals surface area contributed by atoms with Gasteiger partial charge in [0.1, 0.15) is 60.4 Å². The molecule has 0 bridgehead atoms. The van der Waals surface area contributed by atoms with Crippen molar-refractivity contribution in [3.63, 3.8) is 0 Å². The molecule has 0 aliphatic carbocycles. The van der Waals surface area contributed by atoms with Gasteiger partial charge < -0.3 is 9.47 Å². The van der Waals surface area contributed by atoms with Crippen LogP contribution in [0.1, 0.15) is 34.5 Å². The number of halogens is 4. The summed E-state index contributed by atoms with van der Waals surface area (Å²) in [7, 11) is 0. The van der Waals surface area contributed by atoms with Crippen molar-refractivity contribution in [2.24, 2.45) is 0 Å². The summed E-state index contributed by atoms with van der Waals surface area (Å²) >= 11 is 12.6. The molecule has 0 radical (unpaired) electrons. The van der Waals surface area contributed by atoms with E-state index in [1.54, 1.807) is 46.3 Å². The van der Waals surface area contributed by atoms with Crippen LogP contribution in [-0.4, -0.2) is 29.5 Å². The average Bonchev–Trinajstić information content (AvgIpc) is 3.75. The Balaban J connectivity index is 0.000000147. The fourth-order valence-corrected chi connectivity index (χ4v) is 6.26. The Morgan fingerprint density at radius 3 is 1.33 bits per heavy atom. The highest BCUT2D eigenvalue weighted by molar-refractivity contribution is 6.31. The van der Waals surface area contributed by atoms with Crippen molar-refractivity contribution in [3.8, 4) is 0 Å². The standard InChI is InChI=1S/2C17H13ClFN3O/c2*18-15-4-2-1-3-14(15)16-17(23-16,9-22-11-20-10-21-22)12-5-7-13(19)8-6-12/h2*1-8,10-11,16H,9H2/t16-,17-;/m0./s1. The maximum atomic E-state index is 13.3. The third kappa shape index (κ3) is 5.92. The summed E-state index contributed by atoms with van der Waals surface area (Å²) < 4.78 is 42.1. The lowest BCUT2D eigenvalue weighted by molar-refractivity contribution is 0.262. The second-order valence-corrected chi connectivity index (χ2v) is 11.8. The summed E-state index contributed by atoms with van der Waals surface area (Å²) in [4.78, 5) is 7.93. The largest absolute Gasteiger partial charge is 0.354 e. The van der Waals surface area contributed by atoms with E-state index in [9.17, 15) is 8.78 Å². The summed E-state index contributed by atoms with van der Waals surface area (Å²) in [5.74, 6) is -0.556. The fraction of sp³-hybridized carbons (Fsp3) is 0.176. The van der Waals surface area contributed by atoms with Crippen LogP contribution in [0.25, 0.3) is 0 Å². The van der Waals surface area contributed by atoms with Gasteiger partial charge in [0.25, 0.3) is 0 Å². The molecule has 8 rings (SSSR count). The number of rotatable bonds is 8. The molecular weight excluding hydrogens is 633 g/mol. The van der Waals surface area contributed by atoms with Crippen molar-refractivity contribution >= 4 is 23.2 Å². The molecule has 0 saturated carbocycles. The second-order valence-electron chi connectivity index (χ2n) is 11.0. The van der Waals surface area contributed by atoms with Crippen molar-refractivity contribution in [1.82, 2.24) is 29.5 Å². The highest BCUT2D eigenvalue weighted by Crippen LogP contribution is 2.60. The van der Waals surface area contributed by atoms with Gasteiger partial charge in [0.2, 0.25) is 0 Å². The van der Waals surface area contributed by atoms with E-state index >= 15 is 0 Å². The highest BCUT2D eigenvalue weighted by atomic mass is 35.5. The number of ether oxygens (including phenoxy) is 2. The Morgan fingerprint density at radius 1 is 0.587 bits per heavy atom. The monoisotopic (exact) mass is 658 g/mol. The lowest BCUT2D eigenvalue weighted by Gasteiger charge is -2.14. The molecule has 0 spiro atoms. The van der Waals surface area contributed by atoms with Crippen molar-refractivity contribution in [2.75, 3.05) is 0 Å². The Bertz CT molecular complexity index is 1790. The van der Waals surface area contributed by atoms with Gasteiger partial charge in [-0.05, 0) is 47.5 Å². The molecule has 2 aliphatic heterocycles. The zero-order valence-electron chi connectivity index (χ0n) is 24.1. The molecule has 2 saturated heterocycles. The molecule has 2 fully saturated rings. The zero-order valence-corrected chi connectivity index (χ0v) is 25.6. The van der Waals surface area contributed by atoms with Crippen LogP contribution < -0.4 is 0 Å². The first-order chi connectivity index (χ1) is 22.4. The molecule has 0 amide bonds. The summed E-state index contributed by atoms with van der Waals surface area (Å²) in [5, 5.41) is 9.61. The van der Waals surface area contributed by atoms with E-state index in [2.05, 4.69) is 20.2 Å². The maximum absolute atomic E-state index is 13.3. The summed E-state index contributed by atoms with van der Waals surface area (Å²) in [6.07, 6.45) is 5.82. The van der Waals surface area contributed by atoms with Crippen LogP contribution in [0.5, 0.6) is 0 Å². The van der Waals surface area contributed by atoms with Gasteiger partial charge >= 0.3 is 0 Å². The van der Waals surface area contributed by atoms with Crippen molar-refractivity contribution in [1.29, 1.82) is 0 Å². The minimum Gasteiger partial charge on any atom is -0.354 e. The lowest BCUT2D eigenvalue weighted by atomic mass is 9.91. The first kappa shape index (κ1) is 30.2. The van der Waals surface area contributed by atoms with Crippen LogP contribution in [0.4, 0.5) is 8.78 Å². The predicted octanol–water partition coefficient (Wildman–Crippen LogP) is 7.48. The smallest absolute Gasteiger partial charge is 0.144 e. The summed E-state index contributed by atoms with van der Waals surface area (Å²) in [6.45, 7) is 0.961. The third-order valence-electron chi connectivity index (χ3n) is 8.16. The molecule has 2 aromatic heterocycles. The normalized spacial score (nSPS) is 23.0. The second kappa shape index (κ2) is 12.4. The van der Waals surface area contributed by atoms with E-state index < -0.39 is 11.2 Å². The van der Waals surface area contributed by atoms with E-state index in [1.165, 1.54) is 36.9 Å². The fourth-order valence-electron chi connectivity index (χ4n) is 5.79. The quantitative estimate of drug-likeness (QED) is 0.158. The van der Waals surface area contributed by atoms with Crippen molar-refractivity contribution in [3.05, 3.63) is 166 Å². The van der Waals surface area contributed by atoms with Crippen LogP contribution in [-0.2, 0) is 33.8 Å². The first-order valence-corrected chi connectivity index (χ1v) is 15.1. The van der Waals surface area contributed by atoms with Gasteiger partial charge in [-0.1, -0.05) is 83.9 Å². The van der Waals surface area contributed by atoms with Crippen LogP contribution in [0.3, 0.4) is 0 Å². The van der Waals surface area contributed by atoms with Gasteiger partial charge in [-0.15, -0.1) is 0 Å². The Hall–Kier alpha value is -4.48. The number of hydrogen-bond acceptors (Lipinski definition) is 6. The van der Waals surface area contributed by atoms with E-state index in [0.717, 1.165) is 22.3 Å². The van der Waals surface area contributed by atoms with Crippen LogP contribution in [0.2, 0.25) is 10.0 Å². The van der Waals surface area contributed by atoms with E-state index in [-0.39, 0.29) is 23.8 Å². The van der Waals surface area contributed by atoms with Gasteiger partial charge in [-0.25, -0.2) is 28.1 Å². The average molecular weight is 660 g/mol. The van der Waals surface area contributed by atoms with Gasteiger partial charge in [-0.3, -0.25) is 0 Å². The summed E-state index contributed by atoms with van der Waals surface area (Å²) in [5.41, 5.74) is 2.37. The van der Waals surface area contributed by atoms with Crippen LogP contribution >= 0.6 is 23.2 Å². The number of aromatic nitrogens is 6. The molecule has 6 aromatic rings. The molecular formula is C34H26Cl2F2N6O2. The van der Waals surface area contributed by atoms with Crippen LogP contribution in [0.15, 0.2) is 122 Å². The van der Waals surface area contributed by atoms with Gasteiger partial charge in [-0.2, -0.15) is 10.2 Å². The minimum atomic E-state index is -0.619. The first-order valence-electron chi connectivity index (χ1n) is 14.4. The molecule has 4 atom stereocenters. The Kier molecular flexibility index (Phi) is 8.12. The minimum absolute atomic E-state index is 0.203. The van der Waals surface area contributed by atoms with E-state index in [1.807, 2.05) is 48.5 Å². The number of hydrogen-bond donors (Lipinski definition) is 0. The molecule has 2 aliphatic rings. The zero-order chi connectivity index (χ0) is 31.7. The number of nitrogens with zero attached hydrogens (tertiary/aromatic N) is 6. The maximum Gasteiger partial charge on any atom is 0.144 e.